The zero-order valence-corrected chi connectivity index (χ0v) is 38.1. The summed E-state index contributed by atoms with van der Waals surface area (Å²) < 4.78 is 30.4. The van der Waals surface area contributed by atoms with Crippen molar-refractivity contribution in [2.24, 2.45) is 0 Å². The van der Waals surface area contributed by atoms with Gasteiger partial charge in [-0.1, -0.05) is 99.6 Å². The number of rotatable bonds is 18. The van der Waals surface area contributed by atoms with Crippen LogP contribution < -0.4 is 15.0 Å². The highest BCUT2D eigenvalue weighted by molar-refractivity contribution is 6.74. The molecule has 2 atom stereocenters. The quantitative estimate of drug-likeness (QED) is 0.0502. The Morgan fingerprint density at radius 2 is 1.41 bits per heavy atom. The lowest BCUT2D eigenvalue weighted by atomic mass is 9.86. The molecular formula is C49H62N2O9Si. The number of unbranched alkanes of at least 4 members (excludes halogenated alkanes) is 2. The van der Waals surface area contributed by atoms with E-state index in [2.05, 4.69) is 38.8 Å². The van der Waals surface area contributed by atoms with Crippen LogP contribution in [0.5, 0.6) is 11.5 Å². The summed E-state index contributed by atoms with van der Waals surface area (Å²) in [5.74, 6) is 0.357. The van der Waals surface area contributed by atoms with Gasteiger partial charge >= 0.3 is 12.1 Å². The minimum absolute atomic E-state index is 0.129. The van der Waals surface area contributed by atoms with Crippen LogP contribution in [0.25, 0.3) is 10.9 Å². The average molecular weight is 851 g/mol. The van der Waals surface area contributed by atoms with E-state index in [-0.39, 0.29) is 17.1 Å². The third-order valence-corrected chi connectivity index (χ3v) is 15.5. The Morgan fingerprint density at radius 1 is 0.770 bits per heavy atom. The predicted octanol–water partition coefficient (Wildman–Crippen LogP) is 10.1. The smallest absolute Gasteiger partial charge is 0.410 e. The van der Waals surface area contributed by atoms with Gasteiger partial charge in [0.25, 0.3) is 0 Å². The fourth-order valence-corrected chi connectivity index (χ4v) is 7.96. The second-order valence-electron chi connectivity index (χ2n) is 17.8. The Bertz CT molecular complexity index is 2270. The molecule has 5 aromatic rings. The molecule has 0 radical (unpaired) electrons. The minimum Gasteiger partial charge on any atom is -0.494 e. The Morgan fingerprint density at radius 3 is 2.03 bits per heavy atom. The Hall–Kier alpha value is -5.43. The van der Waals surface area contributed by atoms with Crippen molar-refractivity contribution in [2.45, 2.75) is 103 Å². The van der Waals surface area contributed by atoms with Crippen LogP contribution >= 0.6 is 0 Å². The first-order valence-electron chi connectivity index (χ1n) is 20.9. The first kappa shape index (κ1) is 46.6. The number of fused-ring (bicyclic) bond motifs is 1. The summed E-state index contributed by atoms with van der Waals surface area (Å²) in [6.45, 7) is 17.9. The molecular weight excluding hydrogens is 789 g/mol. The Labute approximate surface area is 361 Å². The van der Waals surface area contributed by atoms with E-state index in [0.717, 1.165) is 22.9 Å². The van der Waals surface area contributed by atoms with Crippen molar-refractivity contribution in [3.63, 3.8) is 0 Å². The summed E-state index contributed by atoms with van der Waals surface area (Å²) >= 11 is 0. The van der Waals surface area contributed by atoms with Crippen molar-refractivity contribution in [1.82, 2.24) is 9.88 Å². The minimum atomic E-state index is -2.43. The van der Waals surface area contributed by atoms with Gasteiger partial charge in [-0.2, -0.15) is 0 Å². The van der Waals surface area contributed by atoms with E-state index >= 15 is 0 Å². The van der Waals surface area contributed by atoms with Gasteiger partial charge in [0.05, 0.1) is 31.9 Å². The number of H-pyrrole nitrogens is 1. The second-order valence-corrected chi connectivity index (χ2v) is 22.6. The van der Waals surface area contributed by atoms with Gasteiger partial charge in [-0.05, 0) is 105 Å². The van der Waals surface area contributed by atoms with Gasteiger partial charge in [0.15, 0.2) is 8.32 Å². The van der Waals surface area contributed by atoms with Gasteiger partial charge in [-0.25, -0.2) is 9.59 Å². The molecule has 0 saturated heterocycles. The second kappa shape index (κ2) is 20.0. The van der Waals surface area contributed by atoms with Crippen molar-refractivity contribution >= 4 is 31.3 Å². The Kier molecular flexibility index (Phi) is 15.3. The van der Waals surface area contributed by atoms with Crippen LogP contribution in [0, 0.1) is 0 Å². The summed E-state index contributed by atoms with van der Waals surface area (Å²) in [4.78, 5) is 44.2. The molecule has 0 aliphatic carbocycles. The van der Waals surface area contributed by atoms with Crippen molar-refractivity contribution in [2.75, 3.05) is 26.8 Å². The van der Waals surface area contributed by atoms with Gasteiger partial charge in [0.1, 0.15) is 23.7 Å². The summed E-state index contributed by atoms with van der Waals surface area (Å²) in [6, 6.07) is 32.4. The molecule has 1 unspecified atom stereocenters. The summed E-state index contributed by atoms with van der Waals surface area (Å²) in [5.41, 5.74) is 0.248. The number of hydrogen-bond donors (Lipinski definition) is 2. The first-order valence-corrected chi connectivity index (χ1v) is 23.8. The number of esters is 1. The SMILES string of the molecule is COC(=O)C(O)(c1ccccc1)c1ccc(OCCCCCN(C[C@H](O[Si](C)(C)C(C)(C)C)c2ccc(OCc3ccccc3)c3[nH]c(=O)ccc23)C(=O)OC(C)(C)C)cc1. The molecule has 5 rings (SSSR count). The van der Waals surface area contributed by atoms with Gasteiger partial charge in [-0.3, -0.25) is 4.79 Å². The van der Waals surface area contributed by atoms with E-state index in [9.17, 15) is 19.5 Å². The molecule has 1 amide bonds. The number of pyridine rings is 1. The number of nitrogens with one attached hydrogen (secondary N) is 1. The summed E-state index contributed by atoms with van der Waals surface area (Å²) in [7, 11) is -1.18. The maximum Gasteiger partial charge on any atom is 0.410 e. The standard InChI is InChI=1S/C49H62N2O9Si/c1-47(2,3)59-46(54)51(31-17-12-18-32-57-38-25-23-37(24-26-38)49(55,45(53)56-7)36-21-15-11-16-22-36)33-42(60-61(8,9)48(4,5)6)39-27-29-41(44-40(39)28-30-43(52)50-44)58-34-35-19-13-10-14-20-35/h10-11,13-16,19-30,42,55H,12,17-18,31-34H2,1-9H3,(H,50,52)/t42-,49?/m0/s1. The molecule has 0 saturated carbocycles. The molecule has 61 heavy (non-hydrogen) atoms. The van der Waals surface area contributed by atoms with Crippen LogP contribution in [0.15, 0.2) is 114 Å². The van der Waals surface area contributed by atoms with E-state index in [1.54, 1.807) is 59.5 Å². The number of hydrogen-bond acceptors (Lipinski definition) is 9. The lowest BCUT2D eigenvalue weighted by Gasteiger charge is -2.41. The third kappa shape index (κ3) is 12.1. The number of carbonyl (C=O) groups is 2. The number of aliphatic hydroxyl groups is 1. The molecule has 0 bridgehead atoms. The summed E-state index contributed by atoms with van der Waals surface area (Å²) in [6.07, 6.45) is 1.18. The lowest BCUT2D eigenvalue weighted by molar-refractivity contribution is -0.158. The van der Waals surface area contributed by atoms with Crippen molar-refractivity contribution in [3.8, 4) is 11.5 Å². The normalized spacial score (nSPS) is 13.5. The number of benzene rings is 4. The predicted molar refractivity (Wildman–Crippen MR) is 241 cm³/mol. The van der Waals surface area contributed by atoms with Gasteiger partial charge < -0.3 is 38.4 Å². The number of aromatic amines is 1. The molecule has 4 aromatic carbocycles. The molecule has 0 aliphatic heterocycles. The van der Waals surface area contributed by atoms with Crippen LogP contribution in [0.2, 0.25) is 18.1 Å². The molecule has 12 heteroatoms. The van der Waals surface area contributed by atoms with Crippen LogP contribution in [0.3, 0.4) is 0 Å². The highest BCUT2D eigenvalue weighted by atomic mass is 28.4. The average Bonchev–Trinajstić information content (AvgIpc) is 3.22. The number of methoxy groups -OCH3 is 1. The van der Waals surface area contributed by atoms with Gasteiger partial charge in [0, 0.05) is 18.0 Å². The maximum absolute atomic E-state index is 13.9. The molecule has 0 spiro atoms. The fourth-order valence-electron chi connectivity index (χ4n) is 6.69. The lowest BCUT2D eigenvalue weighted by Crippen LogP contribution is -2.46. The fraction of sp³-hybridized carbons (Fsp3) is 0.408. The molecule has 0 aliphatic rings. The number of amides is 1. The molecule has 326 valence electrons. The first-order chi connectivity index (χ1) is 28.8. The van der Waals surface area contributed by atoms with Crippen molar-refractivity contribution in [1.29, 1.82) is 0 Å². The summed E-state index contributed by atoms with van der Waals surface area (Å²) in [5, 5.41) is 12.1. The van der Waals surface area contributed by atoms with E-state index in [1.165, 1.54) is 13.2 Å². The number of nitrogens with zero attached hydrogens (tertiary/aromatic N) is 1. The van der Waals surface area contributed by atoms with Crippen LogP contribution in [-0.2, 0) is 30.9 Å². The highest BCUT2D eigenvalue weighted by Crippen LogP contribution is 2.42. The maximum atomic E-state index is 13.9. The topological polar surface area (TPSA) is 137 Å². The van der Waals surface area contributed by atoms with E-state index in [0.29, 0.717) is 60.7 Å². The zero-order valence-electron chi connectivity index (χ0n) is 37.1. The van der Waals surface area contributed by atoms with Gasteiger partial charge in [-0.15, -0.1) is 0 Å². The van der Waals surface area contributed by atoms with Crippen molar-refractivity contribution in [3.05, 3.63) is 142 Å². The third-order valence-electron chi connectivity index (χ3n) is 11.0. The largest absolute Gasteiger partial charge is 0.494 e. The molecule has 1 aromatic heterocycles. The molecule has 1 heterocycles. The van der Waals surface area contributed by atoms with Crippen LogP contribution in [-0.4, -0.2) is 67.8 Å². The van der Waals surface area contributed by atoms with E-state index in [4.69, 9.17) is 23.4 Å². The van der Waals surface area contributed by atoms with Crippen LogP contribution in [0.1, 0.15) is 89.2 Å². The number of ether oxygens (including phenoxy) is 4. The van der Waals surface area contributed by atoms with Gasteiger partial charge in [0.2, 0.25) is 11.2 Å². The van der Waals surface area contributed by atoms with E-state index in [1.807, 2.05) is 69.3 Å². The monoisotopic (exact) mass is 850 g/mol. The van der Waals surface area contributed by atoms with Crippen molar-refractivity contribution < 1.29 is 38.1 Å². The molecule has 2 N–H and O–H groups in total. The molecule has 0 fully saturated rings. The highest BCUT2D eigenvalue weighted by Gasteiger charge is 2.42. The molecule has 11 nitrogen and oxygen atoms in total. The zero-order chi connectivity index (χ0) is 44.4. The number of aromatic nitrogens is 1. The number of carbonyl (C=O) groups excluding carboxylic acids is 2. The van der Waals surface area contributed by atoms with E-state index < -0.39 is 37.7 Å². The Balaban J connectivity index is 1.32. The van der Waals surface area contributed by atoms with Crippen LogP contribution in [0.4, 0.5) is 4.79 Å².